The van der Waals surface area contributed by atoms with Gasteiger partial charge < -0.3 is 14.6 Å². The van der Waals surface area contributed by atoms with Gasteiger partial charge in [0.1, 0.15) is 10.6 Å². The quantitative estimate of drug-likeness (QED) is 0.567. The number of hydrogen-bond acceptors (Lipinski definition) is 7. The van der Waals surface area contributed by atoms with E-state index in [0.29, 0.717) is 25.1 Å². The molecule has 1 aromatic heterocycles. The Labute approximate surface area is 191 Å². The topological polar surface area (TPSA) is 119 Å². The first-order valence-corrected chi connectivity index (χ1v) is 12.0. The molecule has 1 amide bonds. The monoisotopic (exact) mass is 471 g/mol. The molecule has 0 aliphatic carbocycles. The number of ether oxygens (including phenoxy) is 1. The van der Waals surface area contributed by atoms with Gasteiger partial charge in [-0.25, -0.2) is 13.2 Å². The minimum atomic E-state index is -3.85. The Balaban J connectivity index is 1.59. The van der Waals surface area contributed by atoms with E-state index in [1.54, 1.807) is 26.0 Å². The Bertz CT molecular complexity index is 1310. The molecule has 0 radical (unpaired) electrons. The van der Waals surface area contributed by atoms with E-state index in [4.69, 9.17) is 9.26 Å². The van der Waals surface area contributed by atoms with Crippen LogP contribution in [0.2, 0.25) is 0 Å². The first kappa shape index (κ1) is 22.9. The number of nitrogens with one attached hydrogen (secondary N) is 1. The molecule has 0 bridgehead atoms. The maximum absolute atomic E-state index is 13.2. The zero-order valence-corrected chi connectivity index (χ0v) is 19.4. The van der Waals surface area contributed by atoms with Crippen LogP contribution in [0.15, 0.2) is 45.8 Å². The number of hydrogen-bond donors (Lipinski definition) is 1. The van der Waals surface area contributed by atoms with E-state index in [1.165, 1.54) is 11.4 Å². The van der Waals surface area contributed by atoms with Gasteiger partial charge in [-0.15, -0.1) is 0 Å². The van der Waals surface area contributed by atoms with Gasteiger partial charge in [-0.05, 0) is 49.6 Å². The van der Waals surface area contributed by atoms with Crippen molar-refractivity contribution in [2.45, 2.75) is 31.6 Å². The molecule has 1 unspecified atom stereocenters. The largest absolute Gasteiger partial charge is 0.465 e. The summed E-state index contributed by atoms with van der Waals surface area (Å²) in [6.45, 7) is 3.46. The van der Waals surface area contributed by atoms with E-state index in [-0.39, 0.29) is 34.4 Å². The van der Waals surface area contributed by atoms with Crippen molar-refractivity contribution in [3.63, 3.8) is 0 Å². The van der Waals surface area contributed by atoms with Crippen LogP contribution in [0.4, 0.5) is 5.69 Å². The maximum atomic E-state index is 13.2. The zero-order valence-electron chi connectivity index (χ0n) is 18.6. The molecule has 1 aliphatic rings. The number of esters is 1. The average Bonchev–Trinajstić information content (AvgIpc) is 3.16. The summed E-state index contributed by atoms with van der Waals surface area (Å²) in [5.74, 6) is -1.28. The van der Waals surface area contributed by atoms with Gasteiger partial charge in [0.05, 0.1) is 24.3 Å². The van der Waals surface area contributed by atoms with Crippen LogP contribution >= 0.6 is 0 Å². The number of nitrogens with zero attached hydrogens (tertiary/aromatic N) is 2. The molecule has 4 rings (SSSR count). The van der Waals surface area contributed by atoms with Crippen molar-refractivity contribution in [3.8, 4) is 0 Å². The Morgan fingerprint density at radius 3 is 2.52 bits per heavy atom. The molecule has 9 nitrogen and oxygen atoms in total. The predicted molar refractivity (Wildman–Crippen MR) is 121 cm³/mol. The molecule has 1 fully saturated rings. The standard InChI is InChI=1S/C23H25N3O6S/c1-14-21(15(2)32-25-14)33(29,30)26-10-6-9-18(13-26)22(27)24-20-12-17-8-5-4-7-16(17)11-19(20)23(28)31-3/h4-5,7-8,11-12,18H,6,9-10,13H2,1-3H3,(H,24,27). The summed E-state index contributed by atoms with van der Waals surface area (Å²) in [5, 5.41) is 8.26. The van der Waals surface area contributed by atoms with Crippen LogP contribution in [-0.4, -0.2) is 50.0 Å². The van der Waals surface area contributed by atoms with Gasteiger partial charge in [-0.2, -0.15) is 4.31 Å². The van der Waals surface area contributed by atoms with Crippen molar-refractivity contribution >= 4 is 38.4 Å². The number of sulfonamides is 1. The predicted octanol–water partition coefficient (Wildman–Crippen LogP) is 3.27. The van der Waals surface area contributed by atoms with Crippen LogP contribution < -0.4 is 5.32 Å². The van der Waals surface area contributed by atoms with E-state index in [9.17, 15) is 18.0 Å². The molecule has 33 heavy (non-hydrogen) atoms. The molecular weight excluding hydrogens is 446 g/mol. The number of anilines is 1. The number of rotatable bonds is 5. The maximum Gasteiger partial charge on any atom is 0.339 e. The molecular formula is C23H25N3O6S. The Kier molecular flexibility index (Phi) is 6.22. The SMILES string of the molecule is COC(=O)c1cc2ccccc2cc1NC(=O)C1CCCN(S(=O)(=O)c2c(C)noc2C)C1. The van der Waals surface area contributed by atoms with Gasteiger partial charge in [-0.3, -0.25) is 4.79 Å². The Morgan fingerprint density at radius 1 is 1.18 bits per heavy atom. The van der Waals surface area contributed by atoms with Crippen molar-refractivity contribution in [2.75, 3.05) is 25.5 Å². The fourth-order valence-corrected chi connectivity index (χ4v) is 6.02. The van der Waals surface area contributed by atoms with Gasteiger partial charge >= 0.3 is 5.97 Å². The summed E-state index contributed by atoms with van der Waals surface area (Å²) in [4.78, 5) is 25.5. The molecule has 1 aliphatic heterocycles. The van der Waals surface area contributed by atoms with E-state index >= 15 is 0 Å². The number of carbonyl (C=O) groups excluding carboxylic acids is 2. The van der Waals surface area contributed by atoms with Gasteiger partial charge in [-0.1, -0.05) is 29.4 Å². The van der Waals surface area contributed by atoms with E-state index < -0.39 is 21.9 Å². The van der Waals surface area contributed by atoms with Crippen molar-refractivity contribution < 1.29 is 27.3 Å². The van der Waals surface area contributed by atoms with Crippen molar-refractivity contribution in [2.24, 2.45) is 5.92 Å². The highest BCUT2D eigenvalue weighted by Crippen LogP contribution is 2.30. The fourth-order valence-electron chi connectivity index (χ4n) is 4.20. The second kappa shape index (κ2) is 8.95. The number of carbonyl (C=O) groups is 2. The Hall–Kier alpha value is -3.24. The highest BCUT2D eigenvalue weighted by atomic mass is 32.2. The highest BCUT2D eigenvalue weighted by Gasteiger charge is 2.36. The third kappa shape index (κ3) is 4.36. The van der Waals surface area contributed by atoms with Gasteiger partial charge in [0.25, 0.3) is 0 Å². The third-order valence-electron chi connectivity index (χ3n) is 5.87. The second-order valence-corrected chi connectivity index (χ2v) is 9.96. The fraction of sp³-hybridized carbons (Fsp3) is 0.348. The van der Waals surface area contributed by atoms with Gasteiger partial charge in [0.15, 0.2) is 5.76 Å². The summed E-state index contributed by atoms with van der Waals surface area (Å²) < 4.78 is 37.6. The minimum absolute atomic E-state index is 0.0271. The summed E-state index contributed by atoms with van der Waals surface area (Å²) >= 11 is 0. The number of amides is 1. The highest BCUT2D eigenvalue weighted by molar-refractivity contribution is 7.89. The molecule has 0 saturated carbocycles. The second-order valence-electron chi connectivity index (χ2n) is 8.08. The number of aromatic nitrogens is 1. The number of methoxy groups -OCH3 is 1. The number of benzene rings is 2. The molecule has 3 aromatic rings. The third-order valence-corrected chi connectivity index (χ3v) is 7.98. The summed E-state index contributed by atoms with van der Waals surface area (Å²) in [7, 11) is -2.57. The number of piperidine rings is 1. The van der Waals surface area contributed by atoms with Crippen molar-refractivity contribution in [1.82, 2.24) is 9.46 Å². The normalized spacial score (nSPS) is 17.1. The molecule has 1 atom stereocenters. The molecule has 10 heteroatoms. The lowest BCUT2D eigenvalue weighted by molar-refractivity contribution is -0.120. The Morgan fingerprint density at radius 2 is 1.88 bits per heavy atom. The zero-order chi connectivity index (χ0) is 23.8. The lowest BCUT2D eigenvalue weighted by Crippen LogP contribution is -2.44. The molecule has 174 valence electrons. The minimum Gasteiger partial charge on any atom is -0.465 e. The summed E-state index contributed by atoms with van der Waals surface area (Å²) in [6.07, 6.45) is 1.06. The lowest BCUT2D eigenvalue weighted by atomic mass is 9.98. The average molecular weight is 472 g/mol. The lowest BCUT2D eigenvalue weighted by Gasteiger charge is -2.31. The molecule has 1 saturated heterocycles. The molecule has 2 aromatic carbocycles. The van der Waals surface area contributed by atoms with Gasteiger partial charge in [0, 0.05) is 13.1 Å². The van der Waals surface area contributed by atoms with Crippen LogP contribution in [0.3, 0.4) is 0 Å². The van der Waals surface area contributed by atoms with Crippen LogP contribution in [0, 0.1) is 19.8 Å². The van der Waals surface area contributed by atoms with Crippen LogP contribution in [0.25, 0.3) is 10.8 Å². The van der Waals surface area contributed by atoms with Crippen molar-refractivity contribution in [1.29, 1.82) is 0 Å². The van der Waals surface area contributed by atoms with E-state index in [2.05, 4.69) is 10.5 Å². The van der Waals surface area contributed by atoms with Crippen LogP contribution in [-0.2, 0) is 19.6 Å². The van der Waals surface area contributed by atoms with E-state index in [0.717, 1.165) is 10.8 Å². The number of aryl methyl sites for hydroxylation is 2. The van der Waals surface area contributed by atoms with E-state index in [1.807, 2.05) is 24.3 Å². The van der Waals surface area contributed by atoms with Gasteiger partial charge in [0.2, 0.25) is 15.9 Å². The summed E-state index contributed by atoms with van der Waals surface area (Å²) in [5.41, 5.74) is 0.856. The number of fused-ring (bicyclic) bond motifs is 1. The first-order chi connectivity index (χ1) is 15.7. The molecule has 2 heterocycles. The molecule has 0 spiro atoms. The molecule has 1 N–H and O–H groups in total. The summed E-state index contributed by atoms with van der Waals surface area (Å²) in [6, 6.07) is 10.9. The van der Waals surface area contributed by atoms with Crippen LogP contribution in [0.5, 0.6) is 0 Å². The smallest absolute Gasteiger partial charge is 0.339 e. The van der Waals surface area contributed by atoms with Crippen molar-refractivity contribution in [3.05, 3.63) is 53.4 Å². The first-order valence-electron chi connectivity index (χ1n) is 10.6. The van der Waals surface area contributed by atoms with Crippen LogP contribution in [0.1, 0.15) is 34.7 Å².